The zero-order chi connectivity index (χ0) is 19.3. The second-order valence-electron chi connectivity index (χ2n) is 8.54. The van der Waals surface area contributed by atoms with Gasteiger partial charge in [-0.3, -0.25) is 9.59 Å². The van der Waals surface area contributed by atoms with E-state index >= 15 is 0 Å². The number of fused-ring (bicyclic) bond motifs is 5. The summed E-state index contributed by atoms with van der Waals surface area (Å²) in [6.07, 6.45) is 7.54. The molecule has 2 aromatic heterocycles. The first-order chi connectivity index (χ1) is 13.6. The summed E-state index contributed by atoms with van der Waals surface area (Å²) in [7, 11) is 0. The molecule has 0 radical (unpaired) electrons. The van der Waals surface area contributed by atoms with E-state index in [0.717, 1.165) is 49.3 Å². The molecule has 4 atom stereocenters. The van der Waals surface area contributed by atoms with Crippen LogP contribution in [0.25, 0.3) is 5.65 Å². The average molecular weight is 381 g/mol. The van der Waals surface area contributed by atoms with E-state index in [1.807, 2.05) is 40.8 Å². The molecule has 2 aromatic rings. The number of nitrogens with one attached hydrogen (secondary N) is 2. The van der Waals surface area contributed by atoms with Crippen molar-refractivity contribution in [3.05, 3.63) is 35.8 Å². The fraction of sp³-hybridized carbons (Fsp3) is 0.571. The number of hydrogen-bond donors (Lipinski definition) is 2. The Balaban J connectivity index is 1.34. The zero-order valence-electron chi connectivity index (χ0n) is 16.2. The second-order valence-corrected chi connectivity index (χ2v) is 8.54. The monoisotopic (exact) mass is 381 g/mol. The highest BCUT2D eigenvalue weighted by atomic mass is 16.2. The fourth-order valence-electron chi connectivity index (χ4n) is 5.37. The number of rotatable bonds is 3. The van der Waals surface area contributed by atoms with E-state index in [4.69, 9.17) is 0 Å². The van der Waals surface area contributed by atoms with Crippen LogP contribution in [0.5, 0.6) is 0 Å². The maximum atomic E-state index is 13.2. The Labute approximate surface area is 164 Å². The van der Waals surface area contributed by atoms with Crippen molar-refractivity contribution in [1.82, 2.24) is 24.9 Å². The predicted molar refractivity (Wildman–Crippen MR) is 105 cm³/mol. The van der Waals surface area contributed by atoms with Gasteiger partial charge >= 0.3 is 0 Å². The highest BCUT2D eigenvalue weighted by Crippen LogP contribution is 2.39. The molecular formula is C21H27N5O2. The number of pyridine rings is 1. The standard InChI is InChI=1S/C21H27N5O2/c1-13-5-6-18-24-16(12-25(18)11-13)10-23-21(28)20-15-7-14(8-22-9-15)17-3-2-4-19(27)26(17)20/h5-6,11-12,14-15,17,20,22H,2-4,7-10H2,1H3,(H,23,28)/t14-,15+,17+,20-/m1/s1. The van der Waals surface area contributed by atoms with Crippen LogP contribution in [-0.4, -0.2) is 51.3 Å². The first-order valence-electron chi connectivity index (χ1n) is 10.3. The van der Waals surface area contributed by atoms with Crippen molar-refractivity contribution in [1.29, 1.82) is 0 Å². The predicted octanol–water partition coefficient (Wildman–Crippen LogP) is 1.25. The molecule has 2 amide bonds. The van der Waals surface area contributed by atoms with Gasteiger partial charge < -0.3 is 19.9 Å². The third kappa shape index (κ3) is 2.98. The molecule has 2 N–H and O–H groups in total. The number of nitrogens with zero attached hydrogens (tertiary/aromatic N) is 3. The summed E-state index contributed by atoms with van der Waals surface area (Å²) in [6, 6.07) is 3.86. The van der Waals surface area contributed by atoms with Gasteiger partial charge in [0.1, 0.15) is 11.7 Å². The molecule has 2 bridgehead atoms. The maximum absolute atomic E-state index is 13.2. The van der Waals surface area contributed by atoms with Crippen LogP contribution in [0.2, 0.25) is 0 Å². The van der Waals surface area contributed by atoms with Crippen molar-refractivity contribution in [2.75, 3.05) is 13.1 Å². The Hall–Kier alpha value is -2.41. The summed E-state index contributed by atoms with van der Waals surface area (Å²) in [5.74, 6) is 0.784. The van der Waals surface area contributed by atoms with Crippen LogP contribution in [0.3, 0.4) is 0 Å². The molecule has 28 heavy (non-hydrogen) atoms. The van der Waals surface area contributed by atoms with Gasteiger partial charge in [0, 0.05) is 37.3 Å². The lowest BCUT2D eigenvalue weighted by Gasteiger charge is -2.53. The summed E-state index contributed by atoms with van der Waals surface area (Å²) in [5, 5.41) is 6.55. The van der Waals surface area contributed by atoms with Crippen LogP contribution in [0.15, 0.2) is 24.5 Å². The Bertz CT molecular complexity index is 923. The number of imidazole rings is 1. The van der Waals surface area contributed by atoms with Crippen LogP contribution >= 0.6 is 0 Å². The second kappa shape index (κ2) is 6.88. The normalized spacial score (nSPS) is 29.6. The number of aryl methyl sites for hydroxylation is 1. The zero-order valence-corrected chi connectivity index (χ0v) is 16.2. The number of amides is 2. The number of aromatic nitrogens is 2. The van der Waals surface area contributed by atoms with Crippen molar-refractivity contribution in [2.24, 2.45) is 11.8 Å². The average Bonchev–Trinajstić information content (AvgIpc) is 3.09. The van der Waals surface area contributed by atoms with Crippen LogP contribution in [0, 0.1) is 18.8 Å². The minimum absolute atomic E-state index is 0.0411. The lowest BCUT2D eigenvalue weighted by atomic mass is 9.72. The van der Waals surface area contributed by atoms with Gasteiger partial charge in [0.25, 0.3) is 0 Å². The van der Waals surface area contributed by atoms with Gasteiger partial charge in [-0.05, 0) is 50.3 Å². The highest BCUT2D eigenvalue weighted by molar-refractivity contribution is 5.89. The Morgan fingerprint density at radius 2 is 2.14 bits per heavy atom. The minimum atomic E-state index is -0.360. The number of hydrogen-bond acceptors (Lipinski definition) is 4. The summed E-state index contributed by atoms with van der Waals surface area (Å²) in [6.45, 7) is 4.19. The lowest BCUT2D eigenvalue weighted by molar-refractivity contribution is -0.157. The van der Waals surface area contributed by atoms with Crippen molar-refractivity contribution in [3.63, 3.8) is 0 Å². The summed E-state index contributed by atoms with van der Waals surface area (Å²) in [5.41, 5.74) is 2.87. The molecule has 7 heteroatoms. The Kier molecular flexibility index (Phi) is 4.34. The summed E-state index contributed by atoms with van der Waals surface area (Å²) >= 11 is 0. The lowest BCUT2D eigenvalue weighted by Crippen LogP contribution is -2.67. The molecule has 3 aliphatic heterocycles. The van der Waals surface area contributed by atoms with Gasteiger partial charge in [-0.1, -0.05) is 6.07 Å². The third-order valence-electron chi connectivity index (χ3n) is 6.61. The molecule has 3 saturated heterocycles. The van der Waals surface area contributed by atoms with Gasteiger partial charge in [-0.15, -0.1) is 0 Å². The quantitative estimate of drug-likeness (QED) is 0.839. The minimum Gasteiger partial charge on any atom is -0.349 e. The highest BCUT2D eigenvalue weighted by Gasteiger charge is 2.50. The molecule has 148 valence electrons. The van der Waals surface area contributed by atoms with Gasteiger partial charge in [0.15, 0.2) is 0 Å². The van der Waals surface area contributed by atoms with Gasteiger partial charge in [0.05, 0.1) is 12.2 Å². The molecule has 7 nitrogen and oxygen atoms in total. The molecule has 0 unspecified atom stereocenters. The van der Waals surface area contributed by atoms with Crippen LogP contribution < -0.4 is 10.6 Å². The molecule has 0 saturated carbocycles. The van der Waals surface area contributed by atoms with Crippen molar-refractivity contribution < 1.29 is 9.59 Å². The number of piperidine rings is 3. The Morgan fingerprint density at radius 3 is 3.04 bits per heavy atom. The van der Waals surface area contributed by atoms with Crippen molar-refractivity contribution in [2.45, 2.75) is 51.2 Å². The van der Waals surface area contributed by atoms with E-state index in [9.17, 15) is 9.59 Å². The first kappa shape index (κ1) is 17.7. The third-order valence-corrected chi connectivity index (χ3v) is 6.61. The van der Waals surface area contributed by atoms with Crippen LogP contribution in [-0.2, 0) is 16.1 Å². The van der Waals surface area contributed by atoms with Crippen LogP contribution in [0.4, 0.5) is 0 Å². The van der Waals surface area contributed by atoms with E-state index in [1.165, 1.54) is 0 Å². The van der Waals surface area contributed by atoms with E-state index in [1.54, 1.807) is 0 Å². The van der Waals surface area contributed by atoms with E-state index in [2.05, 4.69) is 15.6 Å². The van der Waals surface area contributed by atoms with Gasteiger partial charge in [0.2, 0.25) is 11.8 Å². The van der Waals surface area contributed by atoms with Gasteiger partial charge in [-0.25, -0.2) is 4.98 Å². The van der Waals surface area contributed by atoms with Crippen LogP contribution in [0.1, 0.15) is 36.9 Å². The van der Waals surface area contributed by atoms with E-state index in [-0.39, 0.29) is 29.8 Å². The van der Waals surface area contributed by atoms with Gasteiger partial charge in [-0.2, -0.15) is 0 Å². The largest absolute Gasteiger partial charge is 0.349 e. The topological polar surface area (TPSA) is 78.7 Å². The molecule has 0 spiro atoms. The Morgan fingerprint density at radius 1 is 1.29 bits per heavy atom. The maximum Gasteiger partial charge on any atom is 0.243 e. The summed E-state index contributed by atoms with van der Waals surface area (Å²) in [4.78, 5) is 32.4. The fourth-order valence-corrected chi connectivity index (χ4v) is 5.37. The van der Waals surface area contributed by atoms with Crippen molar-refractivity contribution >= 4 is 17.5 Å². The first-order valence-corrected chi connectivity index (χ1v) is 10.3. The SMILES string of the molecule is Cc1ccc2nc(CNC(=O)[C@H]3[C@@H]4CNC[C@@H](C4)[C@@H]4CCCC(=O)N43)cn2c1. The molecule has 0 aromatic carbocycles. The van der Waals surface area contributed by atoms with E-state index < -0.39 is 0 Å². The van der Waals surface area contributed by atoms with Crippen molar-refractivity contribution in [3.8, 4) is 0 Å². The summed E-state index contributed by atoms with van der Waals surface area (Å²) < 4.78 is 1.98. The molecule has 3 aliphatic rings. The smallest absolute Gasteiger partial charge is 0.243 e. The molecule has 5 heterocycles. The van der Waals surface area contributed by atoms with E-state index in [0.29, 0.717) is 18.9 Å². The molecule has 5 rings (SSSR count). The molecule has 0 aliphatic carbocycles. The molecule has 3 fully saturated rings. The number of carbonyl (C=O) groups is 2. The number of carbonyl (C=O) groups excluding carboxylic acids is 2. The molecular weight excluding hydrogens is 354 g/mol.